The summed E-state index contributed by atoms with van der Waals surface area (Å²) in [7, 11) is 0. The van der Waals surface area contributed by atoms with Crippen molar-refractivity contribution < 1.29 is 9.47 Å². The molecular formula is C9H16O2. The highest BCUT2D eigenvalue weighted by Crippen LogP contribution is 2.62. The highest BCUT2D eigenvalue weighted by molar-refractivity contribution is 5.09. The van der Waals surface area contributed by atoms with Crippen molar-refractivity contribution in [2.24, 2.45) is 5.41 Å². The molecule has 0 bridgehead atoms. The molecular weight excluding hydrogens is 140 g/mol. The third-order valence-corrected chi connectivity index (χ3v) is 2.99. The average Bonchev–Trinajstić information content (AvgIpc) is 2.18. The molecule has 1 saturated carbocycles. The molecule has 0 aromatic heterocycles. The van der Waals surface area contributed by atoms with E-state index in [4.69, 9.17) is 9.47 Å². The lowest BCUT2D eigenvalue weighted by Crippen LogP contribution is -2.17. The first-order valence-corrected chi connectivity index (χ1v) is 4.32. The van der Waals surface area contributed by atoms with Gasteiger partial charge in [0.1, 0.15) is 0 Å². The van der Waals surface area contributed by atoms with Crippen LogP contribution in [0.1, 0.15) is 34.1 Å². The number of rotatable bonds is 0. The minimum atomic E-state index is -0.216. The lowest BCUT2D eigenvalue weighted by molar-refractivity contribution is -0.115. The molecule has 11 heavy (non-hydrogen) atoms. The minimum absolute atomic E-state index is 0.216. The Morgan fingerprint density at radius 2 is 1.45 bits per heavy atom. The van der Waals surface area contributed by atoms with Crippen LogP contribution in [0.3, 0.4) is 0 Å². The number of ether oxygens (including phenoxy) is 2. The molecule has 0 radical (unpaired) electrons. The second-order valence-corrected chi connectivity index (χ2v) is 4.46. The summed E-state index contributed by atoms with van der Waals surface area (Å²) in [4.78, 5) is 0. The van der Waals surface area contributed by atoms with Gasteiger partial charge in [0.2, 0.25) is 0 Å². The first-order chi connectivity index (χ1) is 4.97. The largest absolute Gasteiger partial charge is 0.344 e. The van der Waals surface area contributed by atoms with Crippen LogP contribution in [0, 0.1) is 5.41 Å². The van der Waals surface area contributed by atoms with Gasteiger partial charge in [-0.2, -0.15) is 0 Å². The molecule has 1 saturated heterocycles. The number of hydrogen-bond donors (Lipinski definition) is 0. The van der Waals surface area contributed by atoms with Crippen molar-refractivity contribution in [2.45, 2.75) is 52.1 Å². The monoisotopic (exact) mass is 156 g/mol. The summed E-state index contributed by atoms with van der Waals surface area (Å²) in [5.41, 5.74) is 0.242. The van der Waals surface area contributed by atoms with E-state index in [1.807, 2.05) is 0 Å². The Morgan fingerprint density at radius 1 is 1.09 bits per heavy atom. The molecule has 1 heterocycles. The van der Waals surface area contributed by atoms with Gasteiger partial charge in [0.05, 0.1) is 12.2 Å². The van der Waals surface area contributed by atoms with Crippen molar-refractivity contribution in [3.8, 4) is 0 Å². The zero-order chi connectivity index (χ0) is 8.28. The van der Waals surface area contributed by atoms with E-state index in [1.54, 1.807) is 0 Å². The fraction of sp³-hybridized carbons (Fsp3) is 1.00. The van der Waals surface area contributed by atoms with Gasteiger partial charge in [0, 0.05) is 11.8 Å². The van der Waals surface area contributed by atoms with E-state index in [9.17, 15) is 0 Å². The Labute approximate surface area is 67.9 Å². The van der Waals surface area contributed by atoms with E-state index in [-0.39, 0.29) is 23.4 Å². The maximum absolute atomic E-state index is 5.77. The van der Waals surface area contributed by atoms with Crippen molar-refractivity contribution in [1.29, 1.82) is 0 Å². The van der Waals surface area contributed by atoms with Crippen molar-refractivity contribution >= 4 is 0 Å². The van der Waals surface area contributed by atoms with Crippen LogP contribution in [0.15, 0.2) is 0 Å². The van der Waals surface area contributed by atoms with Crippen molar-refractivity contribution in [3.05, 3.63) is 0 Å². The van der Waals surface area contributed by atoms with Crippen LogP contribution in [0.4, 0.5) is 0 Å². The van der Waals surface area contributed by atoms with E-state index < -0.39 is 0 Å². The SMILES string of the molecule is CC1OC2(CC2(C)C)OC1C. The van der Waals surface area contributed by atoms with Gasteiger partial charge in [0.25, 0.3) is 0 Å². The van der Waals surface area contributed by atoms with Gasteiger partial charge in [-0.3, -0.25) is 0 Å². The molecule has 0 aromatic rings. The van der Waals surface area contributed by atoms with E-state index in [0.29, 0.717) is 0 Å². The summed E-state index contributed by atoms with van der Waals surface area (Å²) < 4.78 is 11.5. The van der Waals surface area contributed by atoms with E-state index >= 15 is 0 Å². The smallest absolute Gasteiger partial charge is 0.175 e. The average molecular weight is 156 g/mol. The Morgan fingerprint density at radius 3 is 1.64 bits per heavy atom. The van der Waals surface area contributed by atoms with Gasteiger partial charge in [0.15, 0.2) is 5.79 Å². The molecule has 0 amide bonds. The molecule has 2 atom stereocenters. The summed E-state index contributed by atoms with van der Waals surface area (Å²) in [5, 5.41) is 0. The maximum atomic E-state index is 5.77. The summed E-state index contributed by atoms with van der Waals surface area (Å²) in [6.45, 7) is 8.54. The summed E-state index contributed by atoms with van der Waals surface area (Å²) in [6, 6.07) is 0. The second-order valence-electron chi connectivity index (χ2n) is 4.46. The fourth-order valence-electron chi connectivity index (χ4n) is 1.76. The molecule has 2 nitrogen and oxygen atoms in total. The topological polar surface area (TPSA) is 18.5 Å². The highest BCUT2D eigenvalue weighted by atomic mass is 16.8. The van der Waals surface area contributed by atoms with Crippen molar-refractivity contribution in [3.63, 3.8) is 0 Å². The van der Waals surface area contributed by atoms with Gasteiger partial charge in [-0.05, 0) is 13.8 Å². The molecule has 1 spiro atoms. The maximum Gasteiger partial charge on any atom is 0.175 e. The summed E-state index contributed by atoms with van der Waals surface area (Å²) in [6.07, 6.45) is 1.57. The highest BCUT2D eigenvalue weighted by Gasteiger charge is 2.68. The molecule has 2 unspecified atom stereocenters. The van der Waals surface area contributed by atoms with Crippen LogP contribution >= 0.6 is 0 Å². The Bertz CT molecular complexity index is 176. The standard InChI is InChI=1S/C9H16O2/c1-6-7(2)11-9(10-6)5-8(9,3)4/h6-7H,5H2,1-4H3. The van der Waals surface area contributed by atoms with Crippen LogP contribution in [0.25, 0.3) is 0 Å². The molecule has 1 aliphatic carbocycles. The van der Waals surface area contributed by atoms with Crippen LogP contribution in [-0.2, 0) is 9.47 Å². The third-order valence-electron chi connectivity index (χ3n) is 2.99. The quantitative estimate of drug-likeness (QED) is 0.533. The normalized spacial score (nSPS) is 53.5. The number of hydrogen-bond acceptors (Lipinski definition) is 2. The Balaban J connectivity index is 2.12. The molecule has 1 aliphatic heterocycles. The van der Waals surface area contributed by atoms with Gasteiger partial charge >= 0.3 is 0 Å². The van der Waals surface area contributed by atoms with Crippen LogP contribution in [0.5, 0.6) is 0 Å². The molecule has 2 aliphatic rings. The van der Waals surface area contributed by atoms with E-state index in [2.05, 4.69) is 27.7 Å². The predicted molar refractivity (Wildman–Crippen MR) is 42.2 cm³/mol. The fourth-order valence-corrected chi connectivity index (χ4v) is 1.76. The molecule has 2 heteroatoms. The van der Waals surface area contributed by atoms with Crippen molar-refractivity contribution in [1.82, 2.24) is 0 Å². The van der Waals surface area contributed by atoms with Crippen LogP contribution in [-0.4, -0.2) is 18.0 Å². The lowest BCUT2D eigenvalue weighted by atomic mass is 10.2. The predicted octanol–water partition coefficient (Wildman–Crippen LogP) is 1.94. The van der Waals surface area contributed by atoms with Gasteiger partial charge in [-0.15, -0.1) is 0 Å². The summed E-state index contributed by atoms with van der Waals surface area (Å²) in [5.74, 6) is -0.216. The third kappa shape index (κ3) is 0.859. The molecule has 64 valence electrons. The first-order valence-electron chi connectivity index (χ1n) is 4.32. The van der Waals surface area contributed by atoms with Crippen LogP contribution in [0.2, 0.25) is 0 Å². The van der Waals surface area contributed by atoms with Gasteiger partial charge < -0.3 is 9.47 Å². The molecule has 2 fully saturated rings. The lowest BCUT2D eigenvalue weighted by Gasteiger charge is -2.12. The zero-order valence-electron chi connectivity index (χ0n) is 7.68. The molecule has 2 rings (SSSR count). The van der Waals surface area contributed by atoms with E-state index in [1.165, 1.54) is 0 Å². The zero-order valence-corrected chi connectivity index (χ0v) is 7.68. The van der Waals surface area contributed by atoms with Crippen molar-refractivity contribution in [2.75, 3.05) is 0 Å². The molecule has 0 aromatic carbocycles. The van der Waals surface area contributed by atoms with E-state index in [0.717, 1.165) is 6.42 Å². The Hall–Kier alpha value is -0.0800. The molecule has 0 N–H and O–H groups in total. The van der Waals surface area contributed by atoms with Gasteiger partial charge in [-0.25, -0.2) is 0 Å². The first kappa shape index (κ1) is 7.56. The Kier molecular flexibility index (Phi) is 1.24. The summed E-state index contributed by atoms with van der Waals surface area (Å²) >= 11 is 0. The minimum Gasteiger partial charge on any atom is -0.344 e. The van der Waals surface area contributed by atoms with Crippen LogP contribution < -0.4 is 0 Å². The second kappa shape index (κ2) is 1.80. The van der Waals surface area contributed by atoms with Gasteiger partial charge in [-0.1, -0.05) is 13.8 Å².